The number of aromatic nitrogens is 2. The van der Waals surface area contributed by atoms with Crippen LogP contribution in [0.5, 0.6) is 0 Å². The van der Waals surface area contributed by atoms with E-state index in [-0.39, 0.29) is 36.2 Å². The number of carbonyl (C=O) groups excluding carboxylic acids is 3. The number of amides is 3. The van der Waals surface area contributed by atoms with Crippen LogP contribution in [0.25, 0.3) is 0 Å². The first kappa shape index (κ1) is 29.5. The molecule has 0 saturated carbocycles. The van der Waals surface area contributed by atoms with Crippen molar-refractivity contribution < 1.29 is 14.4 Å². The van der Waals surface area contributed by atoms with Crippen molar-refractivity contribution in [3.05, 3.63) is 124 Å². The van der Waals surface area contributed by atoms with Gasteiger partial charge in [-0.15, -0.1) is 0 Å². The second-order valence-electron chi connectivity index (χ2n) is 10.8. The molecule has 0 spiro atoms. The van der Waals surface area contributed by atoms with Crippen LogP contribution in [0.2, 0.25) is 0 Å². The van der Waals surface area contributed by atoms with Gasteiger partial charge in [0.2, 0.25) is 0 Å². The van der Waals surface area contributed by atoms with Crippen molar-refractivity contribution in [1.29, 1.82) is 0 Å². The minimum atomic E-state index is -0.524. The summed E-state index contributed by atoms with van der Waals surface area (Å²) in [5.41, 5.74) is 11.8. The Kier molecular flexibility index (Phi) is 8.87. The lowest BCUT2D eigenvalue weighted by atomic mass is 9.95. The Morgan fingerprint density at radius 3 is 2.33 bits per heavy atom. The molecule has 0 radical (unpaired) electrons. The smallest absolute Gasteiger partial charge is 0.254 e. The van der Waals surface area contributed by atoms with Gasteiger partial charge in [-0.05, 0) is 36.1 Å². The van der Waals surface area contributed by atoms with Crippen molar-refractivity contribution in [3.63, 3.8) is 0 Å². The minimum Gasteiger partial charge on any atom is -0.390 e. The zero-order valence-corrected chi connectivity index (χ0v) is 24.5. The maximum absolute atomic E-state index is 13.9. The van der Waals surface area contributed by atoms with E-state index in [1.807, 2.05) is 80.7 Å². The van der Waals surface area contributed by atoms with Gasteiger partial charge in [-0.25, -0.2) is 0 Å². The van der Waals surface area contributed by atoms with E-state index in [1.54, 1.807) is 24.0 Å². The predicted molar refractivity (Wildman–Crippen MR) is 164 cm³/mol. The molecule has 2 aromatic carbocycles. The number of carbonyl (C=O) groups is 3. The first-order chi connectivity index (χ1) is 20.8. The molecular formula is C33H37N7O3. The van der Waals surface area contributed by atoms with E-state index in [0.717, 1.165) is 22.4 Å². The third-order valence-corrected chi connectivity index (χ3v) is 7.84. The Morgan fingerprint density at radius 2 is 1.65 bits per heavy atom. The van der Waals surface area contributed by atoms with Crippen LogP contribution >= 0.6 is 0 Å². The Labute approximate surface area is 251 Å². The van der Waals surface area contributed by atoms with E-state index in [9.17, 15) is 14.4 Å². The molecule has 0 unspecified atom stereocenters. The number of allylic oxidation sites excluding steroid dienone is 1. The number of benzene rings is 2. The lowest BCUT2D eigenvalue weighted by Gasteiger charge is -2.26. The average molecular weight is 580 g/mol. The van der Waals surface area contributed by atoms with Crippen LogP contribution < -0.4 is 27.0 Å². The Morgan fingerprint density at radius 1 is 0.953 bits per heavy atom. The van der Waals surface area contributed by atoms with Crippen molar-refractivity contribution in [2.45, 2.75) is 38.0 Å². The van der Waals surface area contributed by atoms with Gasteiger partial charge in [0.15, 0.2) is 0 Å². The quantitative estimate of drug-likeness (QED) is 0.223. The second-order valence-corrected chi connectivity index (χ2v) is 10.8. The number of hydrogen-bond acceptors (Lipinski definition) is 6. The Hall–Kier alpha value is -4.96. The minimum absolute atomic E-state index is 0.114. The highest BCUT2D eigenvalue weighted by Crippen LogP contribution is 2.47. The molecular weight excluding hydrogens is 542 g/mol. The number of rotatable bonds is 12. The Bertz CT molecular complexity index is 1590. The molecule has 0 bridgehead atoms. The van der Waals surface area contributed by atoms with Crippen LogP contribution in [-0.2, 0) is 22.6 Å². The van der Waals surface area contributed by atoms with Gasteiger partial charge in [0.25, 0.3) is 17.7 Å². The highest BCUT2D eigenvalue weighted by Gasteiger charge is 2.43. The largest absolute Gasteiger partial charge is 0.390 e. The van der Waals surface area contributed by atoms with E-state index in [4.69, 9.17) is 5.73 Å². The summed E-state index contributed by atoms with van der Waals surface area (Å²) in [4.78, 5) is 39.2. The van der Waals surface area contributed by atoms with E-state index in [2.05, 4.69) is 26.4 Å². The molecule has 43 heavy (non-hydrogen) atoms. The fourth-order valence-electron chi connectivity index (χ4n) is 5.40. The molecule has 2 aliphatic rings. The zero-order chi connectivity index (χ0) is 30.5. The van der Waals surface area contributed by atoms with Crippen LogP contribution in [0.15, 0.2) is 108 Å². The summed E-state index contributed by atoms with van der Waals surface area (Å²) in [6.45, 7) is 2.21. The number of nitrogens with two attached hydrogens (primary N) is 1. The molecule has 222 valence electrons. The third-order valence-electron chi connectivity index (χ3n) is 7.84. The van der Waals surface area contributed by atoms with Crippen LogP contribution in [-0.4, -0.2) is 53.7 Å². The highest BCUT2D eigenvalue weighted by atomic mass is 16.2. The van der Waals surface area contributed by atoms with Crippen molar-refractivity contribution in [1.82, 2.24) is 31.0 Å². The number of nitrogens with zero attached hydrogens (tertiary/aromatic N) is 2. The molecule has 3 amide bonds. The van der Waals surface area contributed by atoms with Crippen LogP contribution in [0.3, 0.4) is 0 Å². The van der Waals surface area contributed by atoms with Gasteiger partial charge in [0, 0.05) is 49.1 Å². The van der Waals surface area contributed by atoms with Gasteiger partial charge in [0.05, 0.1) is 30.4 Å². The van der Waals surface area contributed by atoms with Gasteiger partial charge in [-0.3, -0.25) is 19.1 Å². The van der Waals surface area contributed by atoms with Crippen LogP contribution in [0.1, 0.15) is 34.5 Å². The highest BCUT2D eigenvalue weighted by molar-refractivity contribution is 6.06. The molecule has 0 aliphatic heterocycles. The van der Waals surface area contributed by atoms with E-state index >= 15 is 0 Å². The Balaban J connectivity index is 1.35. The topological polar surface area (TPSA) is 143 Å². The molecule has 5 rings (SSSR count). The normalized spacial score (nSPS) is 17.4. The molecule has 4 atom stereocenters. The predicted octanol–water partition coefficient (Wildman–Crippen LogP) is 2.14. The molecule has 0 fully saturated rings. The average Bonchev–Trinajstić information content (AvgIpc) is 3.56. The fourth-order valence-corrected chi connectivity index (χ4v) is 5.40. The maximum atomic E-state index is 13.9. The van der Waals surface area contributed by atoms with Crippen LogP contribution in [0, 0.1) is 5.92 Å². The van der Waals surface area contributed by atoms with E-state index in [0.29, 0.717) is 23.1 Å². The lowest BCUT2D eigenvalue weighted by Crippen LogP contribution is -2.51. The number of hydrogen-bond donors (Lipinski definition) is 5. The van der Waals surface area contributed by atoms with E-state index in [1.165, 1.54) is 6.20 Å². The fraction of sp³-hybridized carbons (Fsp3) is 0.273. The van der Waals surface area contributed by atoms with Crippen molar-refractivity contribution in [2.75, 3.05) is 14.1 Å². The molecule has 6 N–H and O–H groups in total. The van der Waals surface area contributed by atoms with Gasteiger partial charge >= 0.3 is 0 Å². The van der Waals surface area contributed by atoms with E-state index < -0.39 is 12.1 Å². The van der Waals surface area contributed by atoms with Gasteiger partial charge < -0.3 is 27.0 Å². The monoisotopic (exact) mass is 579 g/mol. The first-order valence-corrected chi connectivity index (χ1v) is 14.4. The van der Waals surface area contributed by atoms with Crippen molar-refractivity contribution in [2.24, 2.45) is 11.7 Å². The maximum Gasteiger partial charge on any atom is 0.254 e. The molecule has 10 nitrogen and oxygen atoms in total. The van der Waals surface area contributed by atoms with Crippen LogP contribution in [0.4, 0.5) is 0 Å². The molecule has 1 aromatic heterocycles. The molecule has 2 aliphatic carbocycles. The lowest BCUT2D eigenvalue weighted by molar-refractivity contribution is -0.118. The summed E-state index contributed by atoms with van der Waals surface area (Å²) >= 11 is 0. The number of fused-ring (bicyclic) bond motifs is 1. The molecule has 10 heteroatoms. The summed E-state index contributed by atoms with van der Waals surface area (Å²) in [5, 5.41) is 16.2. The zero-order valence-electron chi connectivity index (χ0n) is 24.5. The summed E-state index contributed by atoms with van der Waals surface area (Å²) in [7, 11) is 3.37. The summed E-state index contributed by atoms with van der Waals surface area (Å²) in [5.74, 6) is -0.900. The SMILES string of the molecule is CNC(=O)c1cnn(C[C@H](N)[C@H](Cc2ccccc2)NC(=O)C2=CC(C(=O)N[C@H](C)c3ccccc3)=C[C@H]3C(NC)=C23)c1. The summed E-state index contributed by atoms with van der Waals surface area (Å²) in [6, 6.07) is 18.3. The van der Waals surface area contributed by atoms with Gasteiger partial charge in [-0.1, -0.05) is 66.7 Å². The second kappa shape index (κ2) is 12.9. The van der Waals surface area contributed by atoms with Gasteiger partial charge in [0.1, 0.15) is 0 Å². The molecule has 3 aromatic rings. The number of nitrogens with one attached hydrogen (secondary N) is 4. The van der Waals surface area contributed by atoms with Gasteiger partial charge in [-0.2, -0.15) is 5.10 Å². The third kappa shape index (κ3) is 6.76. The standard InChI is InChI=1S/C33H37N7O3/c1-20(22-12-8-5-9-13-22)38-32(42)23-15-25-29(30(25)35-2)26(16-23)33(43)39-28(14-21-10-6-4-7-11-21)27(34)19-40-18-24(17-37-40)31(41)36-3/h4-13,15-18,20,25,27-28,35H,14,19,34H2,1-3H3,(H,36,41)(H,38,42)(H,39,43)/t20-,25-,27+,28+/m1/s1. The molecule has 1 heterocycles. The summed E-state index contributed by atoms with van der Waals surface area (Å²) in [6.07, 6.45) is 7.16. The van der Waals surface area contributed by atoms with Crippen molar-refractivity contribution in [3.8, 4) is 0 Å². The first-order valence-electron chi connectivity index (χ1n) is 14.4. The summed E-state index contributed by atoms with van der Waals surface area (Å²) < 4.78 is 1.61. The molecule has 0 saturated heterocycles. The van der Waals surface area contributed by atoms with Crippen molar-refractivity contribution >= 4 is 17.7 Å².